The van der Waals surface area contributed by atoms with Crippen LogP contribution in [0.1, 0.15) is 60.8 Å². The van der Waals surface area contributed by atoms with E-state index in [1.807, 2.05) is 12.1 Å². The summed E-state index contributed by atoms with van der Waals surface area (Å²) in [7, 11) is 0. The van der Waals surface area contributed by atoms with Crippen LogP contribution in [-0.2, 0) is 28.6 Å². The molecule has 1 unspecified atom stereocenters. The number of amides is 2. The number of halogens is 3. The molecule has 8 heteroatoms. The number of hydrogen-bond donors (Lipinski definition) is 2. The molecule has 1 fully saturated rings. The highest BCUT2D eigenvalue weighted by molar-refractivity contribution is 6.07. The van der Waals surface area contributed by atoms with Crippen LogP contribution in [0.3, 0.4) is 0 Å². The van der Waals surface area contributed by atoms with Gasteiger partial charge >= 0.3 is 6.18 Å². The summed E-state index contributed by atoms with van der Waals surface area (Å²) in [5.41, 5.74) is 3.11. The van der Waals surface area contributed by atoms with E-state index in [2.05, 4.69) is 5.32 Å². The summed E-state index contributed by atoms with van der Waals surface area (Å²) in [6, 6.07) is 9.04. The summed E-state index contributed by atoms with van der Waals surface area (Å²) < 4.78 is 40.5. The van der Waals surface area contributed by atoms with Gasteiger partial charge in [-0.05, 0) is 67.0 Å². The van der Waals surface area contributed by atoms with Crippen LogP contribution in [0.15, 0.2) is 42.5 Å². The van der Waals surface area contributed by atoms with Crippen LogP contribution in [0, 0.1) is 5.92 Å². The summed E-state index contributed by atoms with van der Waals surface area (Å²) in [4.78, 5) is 27.7. The summed E-state index contributed by atoms with van der Waals surface area (Å²) in [6.45, 7) is 0.232. The van der Waals surface area contributed by atoms with Gasteiger partial charge in [-0.2, -0.15) is 13.2 Å². The number of rotatable bonds is 3. The largest absolute Gasteiger partial charge is 0.416 e. The summed E-state index contributed by atoms with van der Waals surface area (Å²) in [5.74, 6) is -0.688. The maximum Gasteiger partial charge on any atom is 0.416 e. The Morgan fingerprint density at radius 1 is 1.06 bits per heavy atom. The number of anilines is 2. The average molecular weight is 499 g/mol. The highest BCUT2D eigenvalue weighted by Gasteiger charge is 2.36. The lowest BCUT2D eigenvalue weighted by atomic mass is 9.88. The van der Waals surface area contributed by atoms with Crippen molar-refractivity contribution in [1.82, 2.24) is 0 Å². The van der Waals surface area contributed by atoms with E-state index in [0.29, 0.717) is 36.1 Å². The molecule has 5 nitrogen and oxygen atoms in total. The number of nitrogens with one attached hydrogen (secondary N) is 1. The fourth-order valence-corrected chi connectivity index (χ4v) is 5.68. The first kappa shape index (κ1) is 24.6. The van der Waals surface area contributed by atoms with Crippen LogP contribution in [-0.4, -0.2) is 29.6 Å². The van der Waals surface area contributed by atoms with Crippen molar-refractivity contribution in [1.29, 1.82) is 0 Å². The number of fused-ring (bicyclic) bond motifs is 2. The predicted octanol–water partition coefficient (Wildman–Crippen LogP) is 5.50. The number of hydrogen-bond acceptors (Lipinski definition) is 3. The Morgan fingerprint density at radius 2 is 1.83 bits per heavy atom. The number of aryl methyl sites for hydroxylation is 1. The van der Waals surface area contributed by atoms with Crippen LogP contribution >= 0.6 is 0 Å². The molecule has 0 bridgehead atoms. The van der Waals surface area contributed by atoms with Crippen LogP contribution < -0.4 is 10.2 Å². The Hall–Kier alpha value is -3.13. The Kier molecular flexibility index (Phi) is 6.64. The first-order valence-corrected chi connectivity index (χ1v) is 12.5. The third kappa shape index (κ3) is 4.91. The van der Waals surface area contributed by atoms with E-state index >= 15 is 0 Å². The van der Waals surface area contributed by atoms with Gasteiger partial charge in [0.05, 0.1) is 17.4 Å². The molecule has 5 rings (SSSR count). The minimum atomic E-state index is -4.53. The normalized spacial score (nSPS) is 21.3. The third-order valence-corrected chi connectivity index (χ3v) is 7.56. The minimum absolute atomic E-state index is 0.133. The number of aliphatic hydroxyl groups is 1. The van der Waals surface area contributed by atoms with Crippen molar-refractivity contribution < 1.29 is 27.9 Å². The van der Waals surface area contributed by atoms with Crippen molar-refractivity contribution >= 4 is 28.8 Å². The molecule has 2 aromatic carbocycles. The van der Waals surface area contributed by atoms with Crippen LogP contribution in [0.2, 0.25) is 0 Å². The van der Waals surface area contributed by atoms with Crippen LogP contribution in [0.25, 0.3) is 5.57 Å². The standard InChI is InChI=1S/C28H29F3N2O3/c29-28(30,31)20-9-11-22-19(12-13-33(25(22)15-20)27(36)18-4-1-2-5-18)14-26(35)32-24-7-3-6-17-8-10-21(34)16-23(17)24/h3,6-7,9,11,14-15,18,21,34H,1-2,4-5,8,10,12-13,16H2,(H,32,35)/b19-14+. The lowest BCUT2D eigenvalue weighted by molar-refractivity contribution is -0.137. The van der Waals surface area contributed by atoms with E-state index in [-0.39, 0.29) is 30.0 Å². The van der Waals surface area contributed by atoms with Gasteiger partial charge in [-0.25, -0.2) is 0 Å². The SMILES string of the molecule is O=C(/C=C1\CCN(C(=O)C2CCCC2)c2cc(C(F)(F)F)ccc21)Nc1cccc2c1CC(O)CC2. The maximum absolute atomic E-state index is 13.5. The zero-order valence-electron chi connectivity index (χ0n) is 19.9. The van der Waals surface area contributed by atoms with E-state index in [1.54, 1.807) is 6.07 Å². The molecule has 0 spiro atoms. The highest BCUT2D eigenvalue weighted by Crippen LogP contribution is 2.41. The summed E-state index contributed by atoms with van der Waals surface area (Å²) in [6.07, 6.45) is 2.09. The Labute approximate surface area is 208 Å². The van der Waals surface area contributed by atoms with Gasteiger partial charge in [-0.3, -0.25) is 9.59 Å². The van der Waals surface area contributed by atoms with Crippen molar-refractivity contribution in [2.45, 2.75) is 63.6 Å². The van der Waals surface area contributed by atoms with Crippen molar-refractivity contribution in [2.24, 2.45) is 5.92 Å². The summed E-state index contributed by atoms with van der Waals surface area (Å²) in [5, 5.41) is 13.0. The quantitative estimate of drug-likeness (QED) is 0.549. The topological polar surface area (TPSA) is 69.6 Å². The van der Waals surface area contributed by atoms with E-state index < -0.39 is 17.8 Å². The molecule has 2 aliphatic carbocycles. The molecule has 3 aliphatic rings. The molecule has 0 radical (unpaired) electrons. The molecule has 2 N–H and O–H groups in total. The van der Waals surface area contributed by atoms with E-state index in [9.17, 15) is 27.9 Å². The molecule has 0 aromatic heterocycles. The molecule has 36 heavy (non-hydrogen) atoms. The molecular weight excluding hydrogens is 469 g/mol. The van der Waals surface area contributed by atoms with E-state index in [4.69, 9.17) is 0 Å². The Morgan fingerprint density at radius 3 is 2.58 bits per heavy atom. The molecule has 2 amide bonds. The lowest BCUT2D eigenvalue weighted by Crippen LogP contribution is -2.39. The zero-order chi connectivity index (χ0) is 25.4. The van der Waals surface area contributed by atoms with Crippen molar-refractivity contribution in [2.75, 3.05) is 16.8 Å². The first-order valence-electron chi connectivity index (χ1n) is 12.5. The molecule has 1 heterocycles. The zero-order valence-corrected chi connectivity index (χ0v) is 19.9. The van der Waals surface area contributed by atoms with Gasteiger partial charge in [0.15, 0.2) is 0 Å². The second-order valence-electron chi connectivity index (χ2n) is 9.95. The third-order valence-electron chi connectivity index (χ3n) is 7.56. The van der Waals surface area contributed by atoms with Crippen LogP contribution in [0.5, 0.6) is 0 Å². The molecule has 1 atom stereocenters. The minimum Gasteiger partial charge on any atom is -0.393 e. The molecule has 1 aliphatic heterocycles. The lowest BCUT2D eigenvalue weighted by Gasteiger charge is -2.33. The van der Waals surface area contributed by atoms with Gasteiger partial charge < -0.3 is 15.3 Å². The predicted molar refractivity (Wildman–Crippen MR) is 131 cm³/mol. The fourth-order valence-electron chi connectivity index (χ4n) is 5.68. The molecule has 0 saturated heterocycles. The van der Waals surface area contributed by atoms with E-state index in [0.717, 1.165) is 55.4 Å². The number of carbonyl (C=O) groups excluding carboxylic acids is 2. The number of carbonyl (C=O) groups is 2. The Balaban J connectivity index is 1.45. The number of nitrogens with zero attached hydrogens (tertiary/aromatic N) is 1. The number of benzene rings is 2. The van der Waals surface area contributed by atoms with Crippen molar-refractivity contribution in [3.8, 4) is 0 Å². The van der Waals surface area contributed by atoms with Gasteiger partial charge in [-0.1, -0.05) is 31.0 Å². The molecule has 1 saturated carbocycles. The van der Waals surface area contributed by atoms with Gasteiger partial charge in [0.25, 0.3) is 0 Å². The summed E-state index contributed by atoms with van der Waals surface area (Å²) >= 11 is 0. The highest BCUT2D eigenvalue weighted by atomic mass is 19.4. The Bertz CT molecular complexity index is 1220. The van der Waals surface area contributed by atoms with Gasteiger partial charge in [0.2, 0.25) is 11.8 Å². The number of aliphatic hydroxyl groups excluding tert-OH is 1. The second-order valence-corrected chi connectivity index (χ2v) is 9.95. The fraction of sp³-hybridized carbons (Fsp3) is 0.429. The van der Waals surface area contributed by atoms with Crippen molar-refractivity contribution in [3.05, 3.63) is 64.7 Å². The average Bonchev–Trinajstić information content (AvgIpc) is 3.38. The van der Waals surface area contributed by atoms with Gasteiger partial charge in [-0.15, -0.1) is 0 Å². The first-order chi connectivity index (χ1) is 17.2. The molecule has 2 aromatic rings. The van der Waals surface area contributed by atoms with Gasteiger partial charge in [0, 0.05) is 36.2 Å². The monoisotopic (exact) mass is 498 g/mol. The molecule has 190 valence electrons. The van der Waals surface area contributed by atoms with E-state index in [1.165, 1.54) is 17.0 Å². The second kappa shape index (κ2) is 9.73. The van der Waals surface area contributed by atoms with Crippen LogP contribution in [0.4, 0.5) is 24.5 Å². The van der Waals surface area contributed by atoms with Gasteiger partial charge in [0.1, 0.15) is 0 Å². The number of alkyl halides is 3. The molecular formula is C28H29F3N2O3. The van der Waals surface area contributed by atoms with Crippen molar-refractivity contribution in [3.63, 3.8) is 0 Å². The maximum atomic E-state index is 13.5. The smallest absolute Gasteiger partial charge is 0.393 e.